The summed E-state index contributed by atoms with van der Waals surface area (Å²) in [5, 5.41) is 15.9. The van der Waals surface area contributed by atoms with Crippen molar-refractivity contribution in [2.45, 2.75) is 20.1 Å². The van der Waals surface area contributed by atoms with Crippen molar-refractivity contribution < 1.29 is 9.84 Å². The van der Waals surface area contributed by atoms with Gasteiger partial charge < -0.3 is 20.5 Å². The molecule has 7 heteroatoms. The van der Waals surface area contributed by atoms with Crippen LogP contribution in [0.15, 0.2) is 42.5 Å². The number of aryl methyl sites for hydroxylation is 1. The third-order valence-corrected chi connectivity index (χ3v) is 3.86. The molecule has 0 aliphatic heterocycles. The first-order valence-electron chi connectivity index (χ1n) is 8.18. The van der Waals surface area contributed by atoms with Crippen molar-refractivity contribution in [2.75, 3.05) is 26.2 Å². The van der Waals surface area contributed by atoms with Crippen molar-refractivity contribution in [2.24, 2.45) is 0 Å². The molecule has 0 bridgehead atoms. The highest BCUT2D eigenvalue weighted by atomic mass is 35.5. The van der Waals surface area contributed by atoms with Crippen LogP contribution in [0.5, 0.6) is 5.75 Å². The summed E-state index contributed by atoms with van der Waals surface area (Å²) in [5.74, 6) is 0.843. The first kappa shape index (κ1) is 25.0. The molecule has 0 atom stereocenters. The Bertz CT molecular complexity index is 625. The molecule has 0 saturated heterocycles. The number of ether oxygens (including phenoxy) is 1. The number of benzene rings is 2. The molecule has 2 aromatic carbocycles. The van der Waals surface area contributed by atoms with E-state index in [-0.39, 0.29) is 31.4 Å². The van der Waals surface area contributed by atoms with Gasteiger partial charge in [0.25, 0.3) is 0 Å². The third-order valence-electron chi connectivity index (χ3n) is 3.62. The van der Waals surface area contributed by atoms with Crippen LogP contribution >= 0.6 is 36.4 Å². The van der Waals surface area contributed by atoms with Crippen molar-refractivity contribution >= 4 is 36.4 Å². The molecule has 26 heavy (non-hydrogen) atoms. The summed E-state index contributed by atoms with van der Waals surface area (Å²) in [7, 11) is 0. The third kappa shape index (κ3) is 9.08. The summed E-state index contributed by atoms with van der Waals surface area (Å²) in [6, 6.07) is 14.0. The van der Waals surface area contributed by atoms with Gasteiger partial charge in [0.05, 0.1) is 6.61 Å². The summed E-state index contributed by atoms with van der Waals surface area (Å²) in [5.41, 5.74) is 3.42. The number of aliphatic hydroxyl groups excluding tert-OH is 1. The Morgan fingerprint density at radius 3 is 2.35 bits per heavy atom. The standard InChI is InChI=1S/C19H25ClN2O2.2ClH/c1-15-2-4-16(5-3-15)14-24-19-7-6-18(20)12-17(19)13-22-9-8-21-10-11-23;;/h2-7,12,21-23H,8-11,13-14H2,1H3;2*1H. The zero-order chi connectivity index (χ0) is 17.2. The second-order valence-electron chi connectivity index (χ2n) is 5.68. The minimum atomic E-state index is 0. The largest absolute Gasteiger partial charge is 0.489 e. The Kier molecular flexibility index (Phi) is 13.6. The van der Waals surface area contributed by atoms with Gasteiger partial charge in [-0.15, -0.1) is 24.8 Å². The second kappa shape index (κ2) is 14.1. The first-order valence-corrected chi connectivity index (χ1v) is 8.56. The van der Waals surface area contributed by atoms with Crippen LogP contribution in [0.25, 0.3) is 0 Å². The van der Waals surface area contributed by atoms with Gasteiger partial charge in [-0.2, -0.15) is 0 Å². The number of hydrogen-bond donors (Lipinski definition) is 3. The fourth-order valence-corrected chi connectivity index (χ4v) is 2.47. The van der Waals surface area contributed by atoms with Crippen LogP contribution in [0.4, 0.5) is 0 Å². The molecule has 146 valence electrons. The average molecular weight is 422 g/mol. The number of nitrogens with one attached hydrogen (secondary N) is 2. The summed E-state index contributed by atoms with van der Waals surface area (Å²) >= 11 is 6.11. The molecular weight excluding hydrogens is 395 g/mol. The van der Waals surface area contributed by atoms with Gasteiger partial charge in [0.15, 0.2) is 0 Å². The van der Waals surface area contributed by atoms with Crippen LogP contribution in [0.1, 0.15) is 16.7 Å². The lowest BCUT2D eigenvalue weighted by molar-refractivity contribution is 0.292. The molecule has 2 aromatic rings. The lowest BCUT2D eigenvalue weighted by Gasteiger charge is -2.13. The van der Waals surface area contributed by atoms with E-state index in [2.05, 4.69) is 41.8 Å². The van der Waals surface area contributed by atoms with Gasteiger partial charge in [-0.05, 0) is 30.7 Å². The minimum Gasteiger partial charge on any atom is -0.489 e. The van der Waals surface area contributed by atoms with Gasteiger partial charge in [-0.1, -0.05) is 41.4 Å². The van der Waals surface area contributed by atoms with Crippen LogP contribution in [0.2, 0.25) is 5.02 Å². The fraction of sp³-hybridized carbons (Fsp3) is 0.368. The number of aliphatic hydroxyl groups is 1. The smallest absolute Gasteiger partial charge is 0.124 e. The predicted octanol–water partition coefficient (Wildman–Crippen LogP) is 3.74. The molecule has 0 saturated carbocycles. The maximum atomic E-state index is 8.72. The molecule has 0 aliphatic rings. The summed E-state index contributed by atoms with van der Waals surface area (Å²) in [4.78, 5) is 0. The SMILES string of the molecule is Cc1ccc(COc2ccc(Cl)cc2CNCCNCCO)cc1.Cl.Cl. The first-order chi connectivity index (χ1) is 11.7. The molecule has 4 nitrogen and oxygen atoms in total. The van der Waals surface area contributed by atoms with Gasteiger partial charge in [-0.3, -0.25) is 0 Å². The Morgan fingerprint density at radius 1 is 0.962 bits per heavy atom. The van der Waals surface area contributed by atoms with Gasteiger partial charge in [0, 0.05) is 36.8 Å². The zero-order valence-electron chi connectivity index (χ0n) is 14.8. The molecule has 2 rings (SSSR count). The van der Waals surface area contributed by atoms with E-state index in [1.54, 1.807) is 0 Å². The predicted molar refractivity (Wildman–Crippen MR) is 113 cm³/mol. The molecule has 0 spiro atoms. The maximum absolute atomic E-state index is 8.72. The van der Waals surface area contributed by atoms with Crippen LogP contribution < -0.4 is 15.4 Å². The Balaban J connectivity index is 0.00000312. The maximum Gasteiger partial charge on any atom is 0.124 e. The molecule has 0 heterocycles. The molecule has 0 amide bonds. The molecule has 0 unspecified atom stereocenters. The Morgan fingerprint density at radius 2 is 1.65 bits per heavy atom. The van der Waals surface area contributed by atoms with Crippen molar-refractivity contribution in [3.63, 3.8) is 0 Å². The van der Waals surface area contributed by atoms with E-state index >= 15 is 0 Å². The normalized spacial score (nSPS) is 9.96. The van der Waals surface area contributed by atoms with Crippen LogP contribution in [-0.2, 0) is 13.2 Å². The van der Waals surface area contributed by atoms with E-state index in [4.69, 9.17) is 21.4 Å². The lowest BCUT2D eigenvalue weighted by atomic mass is 10.1. The lowest BCUT2D eigenvalue weighted by Crippen LogP contribution is -2.28. The van der Waals surface area contributed by atoms with Crippen molar-refractivity contribution in [3.8, 4) is 5.75 Å². The highest BCUT2D eigenvalue weighted by Gasteiger charge is 2.05. The molecule has 0 aromatic heterocycles. The topological polar surface area (TPSA) is 53.5 Å². The summed E-state index contributed by atoms with van der Waals surface area (Å²) in [6.45, 7) is 5.68. The molecule has 3 N–H and O–H groups in total. The monoisotopic (exact) mass is 420 g/mol. The molecule has 0 fully saturated rings. The van der Waals surface area contributed by atoms with Crippen molar-refractivity contribution in [1.82, 2.24) is 10.6 Å². The molecular formula is C19H27Cl3N2O2. The van der Waals surface area contributed by atoms with Crippen LogP contribution in [0.3, 0.4) is 0 Å². The van der Waals surface area contributed by atoms with Gasteiger partial charge in [0.1, 0.15) is 12.4 Å². The van der Waals surface area contributed by atoms with Gasteiger partial charge in [-0.25, -0.2) is 0 Å². The average Bonchev–Trinajstić information content (AvgIpc) is 2.58. The number of rotatable bonds is 10. The van der Waals surface area contributed by atoms with E-state index in [1.807, 2.05) is 18.2 Å². The highest BCUT2D eigenvalue weighted by molar-refractivity contribution is 6.30. The van der Waals surface area contributed by atoms with E-state index < -0.39 is 0 Å². The zero-order valence-corrected chi connectivity index (χ0v) is 17.2. The molecule has 0 radical (unpaired) electrons. The van der Waals surface area contributed by atoms with Crippen molar-refractivity contribution in [1.29, 1.82) is 0 Å². The van der Waals surface area contributed by atoms with Crippen molar-refractivity contribution in [3.05, 3.63) is 64.2 Å². The highest BCUT2D eigenvalue weighted by Crippen LogP contribution is 2.24. The minimum absolute atomic E-state index is 0. The van der Waals surface area contributed by atoms with Gasteiger partial charge in [0.2, 0.25) is 0 Å². The quantitative estimate of drug-likeness (QED) is 0.512. The van der Waals surface area contributed by atoms with Crippen LogP contribution in [-0.4, -0.2) is 31.3 Å². The fourth-order valence-electron chi connectivity index (χ4n) is 2.28. The Labute approximate surface area is 173 Å². The molecule has 0 aliphatic carbocycles. The van der Waals surface area contributed by atoms with Crippen LogP contribution in [0, 0.1) is 6.92 Å². The van der Waals surface area contributed by atoms with E-state index in [9.17, 15) is 0 Å². The number of halogens is 3. The van der Waals surface area contributed by atoms with Gasteiger partial charge >= 0.3 is 0 Å². The van der Waals surface area contributed by atoms with E-state index in [0.29, 0.717) is 24.7 Å². The number of hydrogen-bond acceptors (Lipinski definition) is 4. The second-order valence-corrected chi connectivity index (χ2v) is 6.11. The summed E-state index contributed by atoms with van der Waals surface area (Å²) < 4.78 is 5.97. The summed E-state index contributed by atoms with van der Waals surface area (Å²) in [6.07, 6.45) is 0. The van der Waals surface area contributed by atoms with E-state index in [0.717, 1.165) is 30.0 Å². The van der Waals surface area contributed by atoms with E-state index in [1.165, 1.54) is 5.56 Å². The Hall–Kier alpha value is -1.01.